The van der Waals surface area contributed by atoms with E-state index in [1.54, 1.807) is 4.68 Å². The Labute approximate surface area is 106 Å². The van der Waals surface area contributed by atoms with E-state index in [0.717, 1.165) is 29.1 Å². The number of nitrogens with one attached hydrogen (secondary N) is 1. The zero-order chi connectivity index (χ0) is 13.3. The molecular formula is C12H18N6. The Hall–Kier alpha value is -1.95. The predicted octanol–water partition coefficient (Wildman–Crippen LogP) is 1.44. The van der Waals surface area contributed by atoms with E-state index in [0.29, 0.717) is 11.8 Å². The molecule has 18 heavy (non-hydrogen) atoms. The smallest absolute Gasteiger partial charge is 0.253 e. The van der Waals surface area contributed by atoms with E-state index in [2.05, 4.69) is 27.4 Å². The lowest BCUT2D eigenvalue weighted by Gasteiger charge is -2.11. The van der Waals surface area contributed by atoms with Crippen LogP contribution in [-0.4, -0.2) is 19.7 Å². The zero-order valence-corrected chi connectivity index (χ0v) is 11.2. The number of hydrogen-bond donors (Lipinski definition) is 2. The van der Waals surface area contributed by atoms with Crippen LogP contribution >= 0.6 is 0 Å². The number of rotatable bonds is 3. The standard InChI is InChI=1S/C12H18N6/c1-5-10-9(4)14-12(15-11(10)16-13)18-8(3)6-7(2)17-18/h6H,5,13H2,1-4H3,(H,14,15,16). The van der Waals surface area contributed by atoms with Crippen molar-refractivity contribution >= 4 is 5.82 Å². The Morgan fingerprint density at radius 3 is 2.50 bits per heavy atom. The molecule has 3 N–H and O–H groups in total. The number of hydrazine groups is 1. The quantitative estimate of drug-likeness (QED) is 0.632. The molecule has 2 aromatic heterocycles. The topological polar surface area (TPSA) is 81.7 Å². The summed E-state index contributed by atoms with van der Waals surface area (Å²) in [6.07, 6.45) is 0.836. The summed E-state index contributed by atoms with van der Waals surface area (Å²) in [5.74, 6) is 6.72. The molecule has 0 saturated heterocycles. The van der Waals surface area contributed by atoms with Crippen LogP contribution in [0.2, 0.25) is 0 Å². The van der Waals surface area contributed by atoms with Gasteiger partial charge < -0.3 is 5.43 Å². The Morgan fingerprint density at radius 1 is 1.28 bits per heavy atom. The second-order valence-electron chi connectivity index (χ2n) is 4.27. The number of anilines is 1. The van der Waals surface area contributed by atoms with E-state index >= 15 is 0 Å². The van der Waals surface area contributed by atoms with Crippen molar-refractivity contribution in [2.24, 2.45) is 5.84 Å². The number of aryl methyl sites for hydroxylation is 3. The number of aromatic nitrogens is 4. The summed E-state index contributed by atoms with van der Waals surface area (Å²) in [6, 6.07) is 1.99. The molecule has 0 amide bonds. The lowest BCUT2D eigenvalue weighted by atomic mass is 10.2. The largest absolute Gasteiger partial charge is 0.308 e. The van der Waals surface area contributed by atoms with Gasteiger partial charge >= 0.3 is 0 Å². The highest BCUT2D eigenvalue weighted by molar-refractivity contribution is 5.47. The SMILES string of the molecule is CCc1c(C)nc(-n2nc(C)cc2C)nc1NN. The molecular weight excluding hydrogens is 228 g/mol. The van der Waals surface area contributed by atoms with Gasteiger partial charge in [0.1, 0.15) is 5.82 Å². The van der Waals surface area contributed by atoms with Crippen molar-refractivity contribution in [3.8, 4) is 5.95 Å². The first-order chi connectivity index (χ1) is 8.56. The summed E-state index contributed by atoms with van der Waals surface area (Å²) in [7, 11) is 0. The van der Waals surface area contributed by atoms with Gasteiger partial charge in [-0.3, -0.25) is 0 Å². The fourth-order valence-corrected chi connectivity index (χ4v) is 2.05. The van der Waals surface area contributed by atoms with Crippen molar-refractivity contribution in [3.05, 3.63) is 28.7 Å². The van der Waals surface area contributed by atoms with Crippen LogP contribution in [0.25, 0.3) is 5.95 Å². The molecule has 0 saturated carbocycles. The summed E-state index contributed by atoms with van der Waals surface area (Å²) >= 11 is 0. The zero-order valence-electron chi connectivity index (χ0n) is 11.2. The highest BCUT2D eigenvalue weighted by Gasteiger charge is 2.12. The summed E-state index contributed by atoms with van der Waals surface area (Å²) in [5.41, 5.74) is 6.52. The van der Waals surface area contributed by atoms with E-state index in [1.807, 2.05) is 26.8 Å². The second kappa shape index (κ2) is 4.73. The number of nitrogens with zero attached hydrogens (tertiary/aromatic N) is 4. The molecule has 0 atom stereocenters. The summed E-state index contributed by atoms with van der Waals surface area (Å²) in [6.45, 7) is 7.92. The van der Waals surface area contributed by atoms with Gasteiger partial charge in [0.15, 0.2) is 0 Å². The molecule has 2 aromatic rings. The van der Waals surface area contributed by atoms with Crippen LogP contribution in [-0.2, 0) is 6.42 Å². The fraction of sp³-hybridized carbons (Fsp3) is 0.417. The van der Waals surface area contributed by atoms with Gasteiger partial charge in [-0.1, -0.05) is 6.92 Å². The average Bonchev–Trinajstić information content (AvgIpc) is 2.67. The molecule has 2 rings (SSSR count). The molecule has 0 spiro atoms. The van der Waals surface area contributed by atoms with Gasteiger partial charge in [0.05, 0.1) is 5.69 Å². The maximum atomic E-state index is 5.52. The van der Waals surface area contributed by atoms with Gasteiger partial charge in [0.25, 0.3) is 5.95 Å². The third-order valence-electron chi connectivity index (χ3n) is 2.89. The third-order valence-corrected chi connectivity index (χ3v) is 2.89. The highest BCUT2D eigenvalue weighted by Crippen LogP contribution is 2.18. The minimum atomic E-state index is 0.545. The van der Waals surface area contributed by atoms with Gasteiger partial charge in [0, 0.05) is 17.0 Å². The lowest BCUT2D eigenvalue weighted by molar-refractivity contribution is 0.763. The molecule has 0 aromatic carbocycles. The van der Waals surface area contributed by atoms with Gasteiger partial charge in [-0.15, -0.1) is 0 Å². The molecule has 0 aliphatic rings. The number of nitrogens with two attached hydrogens (primary N) is 1. The normalized spacial score (nSPS) is 10.7. The van der Waals surface area contributed by atoms with Gasteiger partial charge in [0.2, 0.25) is 0 Å². The molecule has 96 valence electrons. The second-order valence-corrected chi connectivity index (χ2v) is 4.27. The summed E-state index contributed by atoms with van der Waals surface area (Å²) < 4.78 is 1.72. The molecule has 0 bridgehead atoms. The minimum absolute atomic E-state index is 0.545. The van der Waals surface area contributed by atoms with Crippen molar-refractivity contribution in [2.45, 2.75) is 34.1 Å². The average molecular weight is 246 g/mol. The van der Waals surface area contributed by atoms with Crippen molar-refractivity contribution in [1.29, 1.82) is 0 Å². The fourth-order valence-electron chi connectivity index (χ4n) is 2.05. The first kappa shape index (κ1) is 12.5. The maximum absolute atomic E-state index is 5.52. The predicted molar refractivity (Wildman–Crippen MR) is 70.6 cm³/mol. The van der Waals surface area contributed by atoms with Crippen molar-refractivity contribution in [3.63, 3.8) is 0 Å². The first-order valence-electron chi connectivity index (χ1n) is 5.94. The Balaban J connectivity index is 2.59. The van der Waals surface area contributed by atoms with Crippen LogP contribution < -0.4 is 11.3 Å². The first-order valence-corrected chi connectivity index (χ1v) is 5.94. The van der Waals surface area contributed by atoms with Crippen LogP contribution in [0.5, 0.6) is 0 Å². The van der Waals surface area contributed by atoms with Crippen LogP contribution in [0.15, 0.2) is 6.07 Å². The van der Waals surface area contributed by atoms with Crippen LogP contribution in [0.4, 0.5) is 5.82 Å². The maximum Gasteiger partial charge on any atom is 0.253 e. The Kier molecular flexibility index (Phi) is 3.29. The van der Waals surface area contributed by atoms with E-state index < -0.39 is 0 Å². The van der Waals surface area contributed by atoms with E-state index in [4.69, 9.17) is 5.84 Å². The molecule has 6 nitrogen and oxygen atoms in total. The van der Waals surface area contributed by atoms with Gasteiger partial charge in [-0.2, -0.15) is 10.1 Å². The highest BCUT2D eigenvalue weighted by atomic mass is 15.4. The molecule has 0 radical (unpaired) electrons. The summed E-state index contributed by atoms with van der Waals surface area (Å²) in [4.78, 5) is 8.91. The minimum Gasteiger partial charge on any atom is -0.308 e. The van der Waals surface area contributed by atoms with E-state index in [9.17, 15) is 0 Å². The Bertz CT molecular complexity index is 572. The van der Waals surface area contributed by atoms with Crippen LogP contribution in [0.1, 0.15) is 29.6 Å². The molecule has 0 fully saturated rings. The number of hydrogen-bond acceptors (Lipinski definition) is 5. The molecule has 0 aliphatic carbocycles. The lowest BCUT2D eigenvalue weighted by Crippen LogP contribution is -2.16. The van der Waals surface area contributed by atoms with Crippen molar-refractivity contribution < 1.29 is 0 Å². The van der Waals surface area contributed by atoms with E-state index in [1.165, 1.54) is 0 Å². The monoisotopic (exact) mass is 246 g/mol. The molecule has 6 heteroatoms. The Morgan fingerprint density at radius 2 is 2.00 bits per heavy atom. The molecule has 0 aliphatic heterocycles. The van der Waals surface area contributed by atoms with E-state index in [-0.39, 0.29) is 0 Å². The molecule has 0 unspecified atom stereocenters. The summed E-state index contributed by atoms with van der Waals surface area (Å²) in [5, 5.41) is 4.38. The number of nitrogen functional groups attached to an aromatic ring is 1. The van der Waals surface area contributed by atoms with Crippen LogP contribution in [0, 0.1) is 20.8 Å². The van der Waals surface area contributed by atoms with Crippen LogP contribution in [0.3, 0.4) is 0 Å². The van der Waals surface area contributed by atoms with Crippen molar-refractivity contribution in [1.82, 2.24) is 19.7 Å². The molecule has 2 heterocycles. The van der Waals surface area contributed by atoms with Gasteiger partial charge in [-0.05, 0) is 33.3 Å². The van der Waals surface area contributed by atoms with Gasteiger partial charge in [-0.25, -0.2) is 15.5 Å². The van der Waals surface area contributed by atoms with Crippen molar-refractivity contribution in [2.75, 3.05) is 5.43 Å². The third kappa shape index (κ3) is 2.06.